The third kappa shape index (κ3) is 3.57. The van der Waals surface area contributed by atoms with E-state index in [1.54, 1.807) is 6.07 Å². The zero-order valence-corrected chi connectivity index (χ0v) is 14.3. The van der Waals surface area contributed by atoms with Crippen LogP contribution in [0, 0.1) is 0 Å². The molecule has 0 bridgehead atoms. The van der Waals surface area contributed by atoms with Gasteiger partial charge in [0, 0.05) is 5.56 Å². The van der Waals surface area contributed by atoms with Gasteiger partial charge in [0.2, 0.25) is 0 Å². The molecule has 4 aromatic rings. The molecule has 4 rings (SSSR count). The molecule has 5 nitrogen and oxygen atoms in total. The third-order valence-electron chi connectivity index (χ3n) is 4.06. The second kappa shape index (κ2) is 7.17. The molecule has 1 aromatic heterocycles. The molecule has 0 saturated heterocycles. The van der Waals surface area contributed by atoms with Gasteiger partial charge in [0.25, 0.3) is 0 Å². The van der Waals surface area contributed by atoms with Crippen molar-refractivity contribution < 1.29 is 14.6 Å². The predicted octanol–water partition coefficient (Wildman–Crippen LogP) is 5.03. The summed E-state index contributed by atoms with van der Waals surface area (Å²) in [6.07, 6.45) is 0. The van der Waals surface area contributed by atoms with Gasteiger partial charge in [-0.25, -0.2) is 9.48 Å². The quantitative estimate of drug-likeness (QED) is 0.545. The van der Waals surface area contributed by atoms with E-state index in [2.05, 4.69) is 5.10 Å². The zero-order chi connectivity index (χ0) is 18.6. The van der Waals surface area contributed by atoms with Gasteiger partial charge in [0.05, 0.1) is 11.4 Å². The molecule has 0 amide bonds. The van der Waals surface area contributed by atoms with Crippen LogP contribution in [0.15, 0.2) is 91.0 Å². The van der Waals surface area contributed by atoms with Crippen LogP contribution in [-0.2, 0) is 0 Å². The van der Waals surface area contributed by atoms with Crippen LogP contribution < -0.4 is 4.74 Å². The van der Waals surface area contributed by atoms with Crippen LogP contribution in [0.2, 0.25) is 0 Å². The van der Waals surface area contributed by atoms with Crippen molar-refractivity contribution in [2.45, 2.75) is 0 Å². The van der Waals surface area contributed by atoms with Gasteiger partial charge in [0.15, 0.2) is 5.69 Å². The molecule has 3 aromatic carbocycles. The first-order valence-corrected chi connectivity index (χ1v) is 8.43. The maximum Gasteiger partial charge on any atom is 0.354 e. The van der Waals surface area contributed by atoms with E-state index >= 15 is 0 Å². The number of benzene rings is 3. The van der Waals surface area contributed by atoms with Crippen molar-refractivity contribution in [2.75, 3.05) is 0 Å². The van der Waals surface area contributed by atoms with Gasteiger partial charge in [-0.1, -0.05) is 36.4 Å². The molecule has 132 valence electrons. The van der Waals surface area contributed by atoms with E-state index < -0.39 is 5.97 Å². The lowest BCUT2D eigenvalue weighted by Gasteiger charge is -2.06. The van der Waals surface area contributed by atoms with Crippen LogP contribution in [0.3, 0.4) is 0 Å². The smallest absolute Gasteiger partial charge is 0.354 e. The Morgan fingerprint density at radius 3 is 2.04 bits per heavy atom. The Balaban J connectivity index is 1.64. The Kier molecular flexibility index (Phi) is 4.41. The predicted molar refractivity (Wildman–Crippen MR) is 102 cm³/mol. The molecule has 0 unspecified atom stereocenters. The van der Waals surface area contributed by atoms with E-state index in [0.717, 1.165) is 11.3 Å². The highest BCUT2D eigenvalue weighted by molar-refractivity contribution is 5.88. The van der Waals surface area contributed by atoms with Crippen molar-refractivity contribution in [1.29, 1.82) is 0 Å². The summed E-state index contributed by atoms with van der Waals surface area (Å²) in [5, 5.41) is 14.0. The van der Waals surface area contributed by atoms with Crippen LogP contribution >= 0.6 is 0 Å². The number of carboxylic acid groups (broad SMARTS) is 1. The molecule has 0 aliphatic heterocycles. The van der Waals surface area contributed by atoms with Gasteiger partial charge in [-0.15, -0.1) is 0 Å². The number of rotatable bonds is 5. The molecular weight excluding hydrogens is 340 g/mol. The number of aromatic carboxylic acids is 1. The minimum absolute atomic E-state index is 0.112. The summed E-state index contributed by atoms with van der Waals surface area (Å²) in [6.45, 7) is 0. The van der Waals surface area contributed by atoms with Crippen LogP contribution in [0.25, 0.3) is 16.9 Å². The lowest BCUT2D eigenvalue weighted by Crippen LogP contribution is -2.07. The van der Waals surface area contributed by atoms with Crippen LogP contribution in [0.5, 0.6) is 11.5 Å². The number of ether oxygens (including phenoxy) is 1. The Morgan fingerprint density at radius 2 is 1.41 bits per heavy atom. The zero-order valence-electron chi connectivity index (χ0n) is 14.3. The molecule has 0 radical (unpaired) electrons. The van der Waals surface area contributed by atoms with Gasteiger partial charge in [-0.3, -0.25) is 0 Å². The topological polar surface area (TPSA) is 64.3 Å². The highest BCUT2D eigenvalue weighted by Gasteiger charge is 2.16. The summed E-state index contributed by atoms with van der Waals surface area (Å²) in [5.41, 5.74) is 2.21. The summed E-state index contributed by atoms with van der Waals surface area (Å²) >= 11 is 0. The average Bonchev–Trinajstić information content (AvgIpc) is 3.16. The van der Waals surface area contributed by atoms with Gasteiger partial charge in [0.1, 0.15) is 11.5 Å². The lowest BCUT2D eigenvalue weighted by atomic mass is 10.1. The van der Waals surface area contributed by atoms with Gasteiger partial charge in [-0.05, 0) is 54.6 Å². The first-order valence-electron chi connectivity index (χ1n) is 8.43. The molecule has 1 N–H and O–H groups in total. The largest absolute Gasteiger partial charge is 0.477 e. The number of hydrogen-bond acceptors (Lipinski definition) is 3. The Labute approximate surface area is 156 Å². The first kappa shape index (κ1) is 16.6. The molecular formula is C22H16N2O3. The van der Waals surface area contributed by atoms with Crippen molar-refractivity contribution in [2.24, 2.45) is 0 Å². The first-order chi connectivity index (χ1) is 13.2. The second-order valence-electron chi connectivity index (χ2n) is 5.91. The van der Waals surface area contributed by atoms with E-state index in [9.17, 15) is 9.90 Å². The molecule has 0 fully saturated rings. The Hall–Kier alpha value is -3.86. The number of para-hydroxylation sites is 2. The summed E-state index contributed by atoms with van der Waals surface area (Å²) in [7, 11) is 0. The van der Waals surface area contributed by atoms with Crippen molar-refractivity contribution in [3.63, 3.8) is 0 Å². The molecule has 0 aliphatic carbocycles. The summed E-state index contributed by atoms with van der Waals surface area (Å²) < 4.78 is 7.22. The van der Waals surface area contributed by atoms with Crippen molar-refractivity contribution in [3.05, 3.63) is 96.7 Å². The van der Waals surface area contributed by atoms with Crippen molar-refractivity contribution >= 4 is 5.97 Å². The normalized spacial score (nSPS) is 10.5. The second-order valence-corrected chi connectivity index (χ2v) is 5.91. The van der Waals surface area contributed by atoms with E-state index in [4.69, 9.17) is 4.74 Å². The van der Waals surface area contributed by atoms with E-state index in [1.807, 2.05) is 84.9 Å². The van der Waals surface area contributed by atoms with Crippen LogP contribution in [0.1, 0.15) is 10.5 Å². The van der Waals surface area contributed by atoms with Crippen molar-refractivity contribution in [3.8, 4) is 28.4 Å². The molecule has 27 heavy (non-hydrogen) atoms. The van der Waals surface area contributed by atoms with E-state index in [1.165, 1.54) is 4.68 Å². The number of hydrogen-bond donors (Lipinski definition) is 1. The minimum atomic E-state index is -1.03. The molecule has 0 saturated carbocycles. The maximum absolute atomic E-state index is 11.6. The minimum Gasteiger partial charge on any atom is -0.477 e. The number of nitrogens with zero attached hydrogens (tertiary/aromatic N) is 2. The number of aromatic nitrogens is 2. The number of carbonyl (C=O) groups is 1. The SMILES string of the molecule is O=C(O)c1cc(-c2ccc(Oc3ccccc3)cc2)nn1-c1ccccc1. The van der Waals surface area contributed by atoms with Crippen molar-refractivity contribution in [1.82, 2.24) is 9.78 Å². The monoisotopic (exact) mass is 356 g/mol. The van der Waals surface area contributed by atoms with Crippen LogP contribution in [-0.4, -0.2) is 20.9 Å². The van der Waals surface area contributed by atoms with Crippen LogP contribution in [0.4, 0.5) is 0 Å². The van der Waals surface area contributed by atoms with Gasteiger partial charge < -0.3 is 9.84 Å². The molecule has 0 atom stereocenters. The van der Waals surface area contributed by atoms with Gasteiger partial charge >= 0.3 is 5.97 Å². The third-order valence-corrected chi connectivity index (χ3v) is 4.06. The molecule has 0 spiro atoms. The molecule has 0 aliphatic rings. The highest BCUT2D eigenvalue weighted by Crippen LogP contribution is 2.26. The Bertz CT molecular complexity index is 1060. The standard InChI is InChI=1S/C22H16N2O3/c25-22(26)21-15-20(23-24(21)17-7-3-1-4-8-17)16-11-13-19(14-12-16)27-18-9-5-2-6-10-18/h1-15H,(H,25,26). The average molecular weight is 356 g/mol. The molecule has 1 heterocycles. The van der Waals surface area contributed by atoms with E-state index in [-0.39, 0.29) is 5.69 Å². The Morgan fingerprint density at radius 1 is 0.815 bits per heavy atom. The van der Waals surface area contributed by atoms with E-state index in [0.29, 0.717) is 17.1 Å². The highest BCUT2D eigenvalue weighted by atomic mass is 16.5. The fourth-order valence-corrected chi connectivity index (χ4v) is 2.76. The fraction of sp³-hybridized carbons (Fsp3) is 0. The summed E-state index contributed by atoms with van der Waals surface area (Å²) in [4.78, 5) is 11.6. The van der Waals surface area contributed by atoms with Gasteiger partial charge in [-0.2, -0.15) is 5.10 Å². The number of carboxylic acids is 1. The summed E-state index contributed by atoms with van der Waals surface area (Å²) in [5.74, 6) is 0.430. The fourth-order valence-electron chi connectivity index (χ4n) is 2.76. The lowest BCUT2D eigenvalue weighted by molar-refractivity contribution is 0.0687. The molecule has 5 heteroatoms. The maximum atomic E-state index is 11.6. The summed E-state index contributed by atoms with van der Waals surface area (Å²) in [6, 6.07) is 27.7.